The van der Waals surface area contributed by atoms with Gasteiger partial charge in [-0.05, 0) is 56.8 Å². The number of alkyl halides is 3. The summed E-state index contributed by atoms with van der Waals surface area (Å²) in [6.07, 6.45) is 0.0601. The molecule has 0 aromatic rings. The van der Waals surface area contributed by atoms with E-state index in [1.54, 1.807) is 0 Å². The number of aliphatic imine (C=N–C) groups is 1. The Morgan fingerprint density at radius 3 is 2.54 bits per heavy atom. The van der Waals surface area contributed by atoms with Crippen LogP contribution in [0, 0.1) is 17.8 Å². The van der Waals surface area contributed by atoms with Crippen LogP contribution in [0.5, 0.6) is 0 Å². The number of nitrogens with zero attached hydrogens (tertiary/aromatic N) is 2. The minimum Gasteiger partial charge on any atom is -0.342 e. The molecule has 2 bridgehead atoms. The van der Waals surface area contributed by atoms with Gasteiger partial charge in [-0.3, -0.25) is 14.6 Å². The number of rotatable bonds is 3. The van der Waals surface area contributed by atoms with E-state index in [2.05, 4.69) is 5.32 Å². The van der Waals surface area contributed by atoms with E-state index in [0.717, 1.165) is 12.3 Å². The van der Waals surface area contributed by atoms with Gasteiger partial charge in [0, 0.05) is 13.1 Å². The first-order valence-corrected chi connectivity index (χ1v) is 10.9. The van der Waals surface area contributed by atoms with Crippen LogP contribution in [-0.4, -0.2) is 51.9 Å². The lowest BCUT2D eigenvalue weighted by atomic mass is 9.84. The van der Waals surface area contributed by atoms with Gasteiger partial charge in [0.1, 0.15) is 11.2 Å². The van der Waals surface area contributed by atoms with Crippen molar-refractivity contribution in [1.82, 2.24) is 10.2 Å². The zero-order chi connectivity index (χ0) is 20.1. The molecule has 156 valence electrons. The molecule has 2 aliphatic heterocycles. The first-order chi connectivity index (χ1) is 13.1. The largest absolute Gasteiger partial charge is 0.397 e. The number of carbonyl (C=O) groups is 2. The molecule has 4 fully saturated rings. The third kappa shape index (κ3) is 3.91. The van der Waals surface area contributed by atoms with Crippen LogP contribution in [-0.2, 0) is 9.59 Å². The van der Waals surface area contributed by atoms with E-state index in [-0.39, 0.29) is 24.9 Å². The zero-order valence-electron chi connectivity index (χ0n) is 15.9. The van der Waals surface area contributed by atoms with Gasteiger partial charge in [-0.15, -0.1) is 0 Å². The quantitative estimate of drug-likeness (QED) is 0.766. The highest BCUT2D eigenvalue weighted by Crippen LogP contribution is 2.48. The number of piperidine rings is 1. The second-order valence-electron chi connectivity index (χ2n) is 8.79. The number of carbonyl (C=O) groups excluding carboxylic acids is 2. The molecule has 2 unspecified atom stereocenters. The summed E-state index contributed by atoms with van der Waals surface area (Å²) in [5.74, 6) is 0.494. The summed E-state index contributed by atoms with van der Waals surface area (Å²) in [5, 5.41) is 3.63. The van der Waals surface area contributed by atoms with Gasteiger partial charge >= 0.3 is 6.18 Å². The van der Waals surface area contributed by atoms with Gasteiger partial charge in [0.2, 0.25) is 11.8 Å². The second kappa shape index (κ2) is 7.22. The van der Waals surface area contributed by atoms with E-state index in [9.17, 15) is 22.8 Å². The third-order valence-electron chi connectivity index (χ3n) is 6.94. The van der Waals surface area contributed by atoms with Crippen LogP contribution in [0.2, 0.25) is 0 Å². The topological polar surface area (TPSA) is 61.8 Å². The van der Waals surface area contributed by atoms with Crippen molar-refractivity contribution in [2.45, 2.75) is 68.8 Å². The van der Waals surface area contributed by atoms with Crippen molar-refractivity contribution in [2.24, 2.45) is 22.7 Å². The molecule has 0 spiro atoms. The number of likely N-dealkylation sites (tertiary alicyclic amines) is 1. The van der Waals surface area contributed by atoms with E-state index in [4.69, 9.17) is 4.99 Å². The summed E-state index contributed by atoms with van der Waals surface area (Å²) in [4.78, 5) is 30.6. The number of fused-ring (bicyclic) bond motifs is 2. The van der Waals surface area contributed by atoms with Crippen molar-refractivity contribution < 1.29 is 22.8 Å². The maximum absolute atomic E-state index is 12.7. The predicted molar refractivity (Wildman–Crippen MR) is 101 cm³/mol. The summed E-state index contributed by atoms with van der Waals surface area (Å²) in [5.41, 5.74) is 0. The van der Waals surface area contributed by atoms with Gasteiger partial charge in [0.25, 0.3) is 0 Å². The van der Waals surface area contributed by atoms with Gasteiger partial charge in [-0.2, -0.15) is 13.2 Å². The average molecular weight is 417 g/mol. The molecule has 9 heteroatoms. The van der Waals surface area contributed by atoms with Crippen molar-refractivity contribution in [3.05, 3.63) is 0 Å². The van der Waals surface area contributed by atoms with E-state index < -0.39 is 23.3 Å². The van der Waals surface area contributed by atoms with Crippen molar-refractivity contribution in [2.75, 3.05) is 13.1 Å². The minimum absolute atomic E-state index is 0.0140. The molecule has 2 aliphatic carbocycles. The fourth-order valence-electron chi connectivity index (χ4n) is 5.30. The Balaban J connectivity index is 1.35. The van der Waals surface area contributed by atoms with Crippen LogP contribution in [0.15, 0.2) is 4.99 Å². The molecular weight excluding hydrogens is 391 g/mol. The fourth-order valence-corrected chi connectivity index (χ4v) is 6.58. The Morgan fingerprint density at radius 2 is 1.96 bits per heavy atom. The Kier molecular flexibility index (Phi) is 5.17. The molecule has 4 aliphatic rings. The smallest absolute Gasteiger partial charge is 0.342 e. The summed E-state index contributed by atoms with van der Waals surface area (Å²) in [6.45, 7) is 2.43. The number of hydrogen-bond donors (Lipinski definition) is 1. The van der Waals surface area contributed by atoms with Gasteiger partial charge in [-0.1, -0.05) is 18.2 Å². The summed E-state index contributed by atoms with van der Waals surface area (Å²) in [7, 11) is 0. The van der Waals surface area contributed by atoms with Crippen LogP contribution in [0.4, 0.5) is 13.2 Å². The molecular formula is C19H26F3N3O2S. The van der Waals surface area contributed by atoms with E-state index in [1.165, 1.54) is 35.9 Å². The normalized spacial score (nSPS) is 37.7. The van der Waals surface area contributed by atoms with E-state index in [0.29, 0.717) is 30.0 Å². The Labute approximate surface area is 166 Å². The van der Waals surface area contributed by atoms with Crippen LogP contribution < -0.4 is 5.32 Å². The molecule has 2 saturated carbocycles. The van der Waals surface area contributed by atoms with Gasteiger partial charge < -0.3 is 10.2 Å². The first kappa shape index (κ1) is 20.0. The average Bonchev–Trinajstić information content (AvgIpc) is 3.29. The molecule has 0 radical (unpaired) electrons. The number of hydrogen-bond acceptors (Lipinski definition) is 4. The van der Waals surface area contributed by atoms with Crippen molar-refractivity contribution >= 4 is 28.7 Å². The summed E-state index contributed by atoms with van der Waals surface area (Å²) < 4.78 is 36.7. The Morgan fingerprint density at radius 1 is 1.25 bits per heavy atom. The first-order valence-electron chi connectivity index (χ1n) is 10.1. The number of thioether (sulfide) groups is 1. The highest BCUT2D eigenvalue weighted by atomic mass is 32.2. The lowest BCUT2D eigenvalue weighted by Crippen LogP contribution is -2.48. The Hall–Kier alpha value is -1.25. The lowest BCUT2D eigenvalue weighted by molar-refractivity contribution is -0.162. The number of amidine groups is 1. The monoisotopic (exact) mass is 417 g/mol. The number of nitrogens with one attached hydrogen (secondary N) is 1. The highest BCUT2D eigenvalue weighted by Gasteiger charge is 2.50. The summed E-state index contributed by atoms with van der Waals surface area (Å²) in [6, 6.07) is 0.311. The third-order valence-corrected chi connectivity index (χ3v) is 8.29. The van der Waals surface area contributed by atoms with E-state index >= 15 is 0 Å². The molecule has 1 N–H and O–H groups in total. The van der Waals surface area contributed by atoms with Crippen molar-refractivity contribution in [3.63, 3.8) is 0 Å². The van der Waals surface area contributed by atoms with Crippen LogP contribution in [0.1, 0.15) is 51.9 Å². The lowest BCUT2D eigenvalue weighted by Gasteiger charge is -2.38. The maximum atomic E-state index is 12.7. The van der Waals surface area contributed by atoms with Crippen molar-refractivity contribution in [3.8, 4) is 0 Å². The molecule has 2 amide bonds. The molecule has 0 aromatic heterocycles. The maximum Gasteiger partial charge on any atom is 0.397 e. The molecule has 0 aromatic carbocycles. The van der Waals surface area contributed by atoms with Gasteiger partial charge in [0.05, 0.1) is 6.04 Å². The van der Waals surface area contributed by atoms with E-state index in [1.807, 2.05) is 6.92 Å². The van der Waals surface area contributed by atoms with Gasteiger partial charge in [0.15, 0.2) is 5.17 Å². The second-order valence-corrected chi connectivity index (χ2v) is 10.2. The molecule has 28 heavy (non-hydrogen) atoms. The predicted octanol–water partition coefficient (Wildman–Crippen LogP) is 3.34. The zero-order valence-corrected chi connectivity index (χ0v) is 16.7. The fraction of sp³-hybridized carbons (Fsp3) is 0.842. The number of amides is 2. The Bertz CT molecular complexity index is 690. The summed E-state index contributed by atoms with van der Waals surface area (Å²) >= 11 is 1.47. The molecule has 5 nitrogen and oxygen atoms in total. The molecule has 4 atom stereocenters. The van der Waals surface area contributed by atoms with Crippen molar-refractivity contribution in [1.29, 1.82) is 0 Å². The minimum atomic E-state index is -4.48. The number of halogens is 3. The van der Waals surface area contributed by atoms with Crippen LogP contribution >= 0.6 is 11.8 Å². The molecule has 2 heterocycles. The SMILES string of the molecule is CC1(C2CCN(C(=O)CC(F)(F)F)CC2)SC(=N[C@H]2C[C@@H]3CCC2C3)NC1=O. The van der Waals surface area contributed by atoms with Crippen LogP contribution in [0.25, 0.3) is 0 Å². The van der Waals surface area contributed by atoms with Crippen LogP contribution in [0.3, 0.4) is 0 Å². The molecule has 4 rings (SSSR count). The molecule has 2 saturated heterocycles. The highest BCUT2D eigenvalue weighted by molar-refractivity contribution is 8.16. The van der Waals surface area contributed by atoms with Gasteiger partial charge in [-0.25, -0.2) is 0 Å². The standard InChI is InChI=1S/C19H26F3N3O2S/c1-18(13-4-6-25(7-5-13)15(26)10-19(20,21)22)16(27)24-17(28-18)23-14-9-11-2-3-12(14)8-11/h11-14H,2-10H2,1H3,(H,23,24,27)/t11-,12?,14+,18?/m1/s1.